The van der Waals surface area contributed by atoms with Gasteiger partial charge in [0.1, 0.15) is 5.82 Å². The maximum absolute atomic E-state index is 13.1. The van der Waals surface area contributed by atoms with Crippen molar-refractivity contribution in [2.24, 2.45) is 0 Å². The Morgan fingerprint density at radius 1 is 1.39 bits per heavy atom. The Morgan fingerprint density at radius 2 is 2.11 bits per heavy atom. The predicted octanol–water partition coefficient (Wildman–Crippen LogP) is 2.41. The van der Waals surface area contributed by atoms with Crippen molar-refractivity contribution in [3.63, 3.8) is 0 Å². The minimum atomic E-state index is -0.761. The van der Waals surface area contributed by atoms with E-state index in [1.807, 2.05) is 0 Å². The van der Waals surface area contributed by atoms with E-state index >= 15 is 0 Å². The zero-order chi connectivity index (χ0) is 13.1. The largest absolute Gasteiger partial charge is 0.335 e. The Morgan fingerprint density at radius 3 is 2.67 bits per heavy atom. The number of nitro benzene ring substituents is 1. The fourth-order valence-electron chi connectivity index (χ4n) is 1.66. The molecule has 0 unspecified atom stereocenters. The second-order valence-corrected chi connectivity index (χ2v) is 4.18. The van der Waals surface area contributed by atoms with Crippen LogP contribution in [-0.4, -0.2) is 17.0 Å². The van der Waals surface area contributed by atoms with E-state index in [9.17, 15) is 19.3 Å². The predicted molar refractivity (Wildman–Crippen MR) is 62.8 cm³/mol. The highest BCUT2D eigenvalue weighted by molar-refractivity contribution is 5.89. The van der Waals surface area contributed by atoms with Gasteiger partial charge in [-0.2, -0.15) is 0 Å². The molecule has 0 spiro atoms. The van der Waals surface area contributed by atoms with Gasteiger partial charge in [-0.3, -0.25) is 10.1 Å². The van der Waals surface area contributed by atoms with Crippen LogP contribution in [0.25, 0.3) is 0 Å². The molecule has 2 N–H and O–H groups in total. The molecule has 2 rings (SSSR count). The molecule has 18 heavy (non-hydrogen) atoms. The van der Waals surface area contributed by atoms with Crippen molar-refractivity contribution in [3.05, 3.63) is 34.1 Å². The van der Waals surface area contributed by atoms with Crippen molar-refractivity contribution >= 4 is 17.4 Å². The summed E-state index contributed by atoms with van der Waals surface area (Å²) in [7, 11) is 0. The van der Waals surface area contributed by atoms with Gasteiger partial charge in [0.05, 0.1) is 16.7 Å². The number of nitrogens with one attached hydrogen (secondary N) is 2. The van der Waals surface area contributed by atoms with E-state index in [1.165, 1.54) is 0 Å². The summed E-state index contributed by atoms with van der Waals surface area (Å²) in [5.41, 5.74) is -0.326. The van der Waals surface area contributed by atoms with Gasteiger partial charge < -0.3 is 10.6 Å². The van der Waals surface area contributed by atoms with Gasteiger partial charge in [0.15, 0.2) is 0 Å². The monoisotopic (exact) mass is 253 g/mol. The lowest BCUT2D eigenvalue weighted by Crippen LogP contribution is -2.41. The summed E-state index contributed by atoms with van der Waals surface area (Å²) in [5.74, 6) is -0.761. The summed E-state index contributed by atoms with van der Waals surface area (Å²) >= 11 is 0. The molecule has 0 heterocycles. The molecular weight excluding hydrogens is 241 g/mol. The molecule has 96 valence electrons. The molecule has 1 aliphatic rings. The van der Waals surface area contributed by atoms with E-state index in [1.54, 1.807) is 0 Å². The number of amides is 2. The summed E-state index contributed by atoms with van der Waals surface area (Å²) in [6.07, 6.45) is 2.93. The van der Waals surface area contributed by atoms with Crippen LogP contribution in [-0.2, 0) is 0 Å². The van der Waals surface area contributed by atoms with Gasteiger partial charge in [-0.05, 0) is 25.3 Å². The van der Waals surface area contributed by atoms with Gasteiger partial charge in [-0.25, -0.2) is 9.18 Å². The SMILES string of the molecule is O=C(Nc1cc(F)cc([N+](=O)[O-])c1)NC1CCC1. The van der Waals surface area contributed by atoms with E-state index < -0.39 is 22.5 Å². The second-order valence-electron chi connectivity index (χ2n) is 4.18. The molecule has 2 amide bonds. The minimum Gasteiger partial charge on any atom is -0.335 e. The first-order valence-corrected chi connectivity index (χ1v) is 5.57. The molecule has 7 heteroatoms. The van der Waals surface area contributed by atoms with Crippen molar-refractivity contribution < 1.29 is 14.1 Å². The summed E-state index contributed by atoms with van der Waals surface area (Å²) in [6, 6.07) is 2.62. The van der Waals surface area contributed by atoms with Crippen molar-refractivity contribution in [1.29, 1.82) is 0 Å². The molecule has 0 aromatic heterocycles. The summed E-state index contributed by atoms with van der Waals surface area (Å²) < 4.78 is 13.1. The molecule has 1 aromatic rings. The maximum Gasteiger partial charge on any atom is 0.319 e. The van der Waals surface area contributed by atoms with Crippen molar-refractivity contribution in [2.45, 2.75) is 25.3 Å². The number of nitro groups is 1. The number of urea groups is 1. The van der Waals surface area contributed by atoms with Crippen molar-refractivity contribution in [2.75, 3.05) is 5.32 Å². The van der Waals surface area contributed by atoms with Crippen molar-refractivity contribution in [3.8, 4) is 0 Å². The van der Waals surface area contributed by atoms with Gasteiger partial charge >= 0.3 is 6.03 Å². The third-order valence-corrected chi connectivity index (χ3v) is 2.79. The number of carbonyl (C=O) groups excluding carboxylic acids is 1. The molecule has 0 saturated heterocycles. The lowest BCUT2D eigenvalue weighted by molar-refractivity contribution is -0.385. The molecular formula is C11H12FN3O3. The van der Waals surface area contributed by atoms with Gasteiger partial charge in [-0.15, -0.1) is 0 Å². The Labute approximate surface area is 102 Å². The van der Waals surface area contributed by atoms with Crippen LogP contribution in [0.3, 0.4) is 0 Å². The van der Waals surface area contributed by atoms with E-state index in [2.05, 4.69) is 10.6 Å². The smallest absolute Gasteiger partial charge is 0.319 e. The highest BCUT2D eigenvalue weighted by Crippen LogP contribution is 2.21. The fraction of sp³-hybridized carbons (Fsp3) is 0.364. The Bertz CT molecular complexity index is 488. The van der Waals surface area contributed by atoms with Gasteiger partial charge in [0.2, 0.25) is 0 Å². The average Bonchev–Trinajstić information content (AvgIpc) is 2.22. The summed E-state index contributed by atoms with van der Waals surface area (Å²) in [4.78, 5) is 21.3. The average molecular weight is 253 g/mol. The molecule has 1 saturated carbocycles. The number of hydrogen-bond donors (Lipinski definition) is 2. The van der Waals surface area contributed by atoms with Crippen molar-refractivity contribution in [1.82, 2.24) is 5.32 Å². The normalized spacial score (nSPS) is 14.7. The van der Waals surface area contributed by atoms with Crippen LogP contribution in [0.1, 0.15) is 19.3 Å². The highest BCUT2D eigenvalue weighted by atomic mass is 19.1. The zero-order valence-electron chi connectivity index (χ0n) is 9.48. The quantitative estimate of drug-likeness (QED) is 0.640. The van der Waals surface area contributed by atoms with Crippen LogP contribution in [0.2, 0.25) is 0 Å². The van der Waals surface area contributed by atoms with Crippen LogP contribution in [0.15, 0.2) is 18.2 Å². The van der Waals surface area contributed by atoms with Crippen LogP contribution in [0, 0.1) is 15.9 Å². The lowest BCUT2D eigenvalue weighted by Gasteiger charge is -2.26. The number of anilines is 1. The maximum atomic E-state index is 13.1. The van der Waals surface area contributed by atoms with Crippen LogP contribution < -0.4 is 10.6 Å². The number of rotatable bonds is 3. The molecule has 1 aliphatic carbocycles. The summed E-state index contributed by atoms with van der Waals surface area (Å²) in [5, 5.41) is 15.6. The number of non-ortho nitro benzene ring substituents is 1. The molecule has 1 aromatic carbocycles. The Hall–Kier alpha value is -2.18. The molecule has 6 nitrogen and oxygen atoms in total. The number of hydrogen-bond acceptors (Lipinski definition) is 3. The number of benzene rings is 1. The lowest BCUT2D eigenvalue weighted by atomic mass is 9.93. The first kappa shape index (κ1) is 12.3. The van der Waals surface area contributed by atoms with Crippen LogP contribution in [0.5, 0.6) is 0 Å². The van der Waals surface area contributed by atoms with E-state index in [4.69, 9.17) is 0 Å². The third-order valence-electron chi connectivity index (χ3n) is 2.79. The first-order chi connectivity index (χ1) is 8.54. The standard InChI is InChI=1S/C11H12FN3O3/c12-7-4-9(6-10(5-7)15(17)18)14-11(16)13-8-2-1-3-8/h4-6,8H,1-3H2,(H2,13,14,16). The summed E-state index contributed by atoms with van der Waals surface area (Å²) in [6.45, 7) is 0. The fourth-order valence-corrected chi connectivity index (χ4v) is 1.66. The van der Waals surface area contributed by atoms with Gasteiger partial charge in [0, 0.05) is 12.1 Å². The zero-order valence-corrected chi connectivity index (χ0v) is 9.48. The Kier molecular flexibility index (Phi) is 3.40. The molecule has 1 fully saturated rings. The molecule has 0 bridgehead atoms. The van der Waals surface area contributed by atoms with E-state index in [0.717, 1.165) is 37.5 Å². The number of nitrogens with zero attached hydrogens (tertiary/aromatic N) is 1. The second kappa shape index (κ2) is 4.99. The third kappa shape index (κ3) is 2.93. The van der Waals surface area contributed by atoms with Crippen LogP contribution >= 0.6 is 0 Å². The van der Waals surface area contributed by atoms with Gasteiger partial charge in [-0.1, -0.05) is 0 Å². The minimum absolute atomic E-state index is 0.0681. The molecule has 0 aliphatic heterocycles. The topological polar surface area (TPSA) is 84.3 Å². The number of carbonyl (C=O) groups is 1. The number of halogens is 1. The Balaban J connectivity index is 2.03. The molecule has 0 atom stereocenters. The van der Waals surface area contributed by atoms with E-state index in [0.29, 0.717) is 0 Å². The van der Waals surface area contributed by atoms with Gasteiger partial charge in [0.25, 0.3) is 5.69 Å². The highest BCUT2D eigenvalue weighted by Gasteiger charge is 2.19. The molecule has 0 radical (unpaired) electrons. The first-order valence-electron chi connectivity index (χ1n) is 5.57. The van der Waals surface area contributed by atoms with E-state index in [-0.39, 0.29) is 11.7 Å². The van der Waals surface area contributed by atoms with Crippen LogP contribution in [0.4, 0.5) is 20.6 Å².